The van der Waals surface area contributed by atoms with Gasteiger partial charge in [-0.3, -0.25) is 9.78 Å². The molecular weight excluding hydrogens is 294 g/mol. The van der Waals surface area contributed by atoms with Gasteiger partial charge < -0.3 is 4.90 Å². The molecule has 5 heteroatoms. The van der Waals surface area contributed by atoms with Crippen molar-refractivity contribution in [1.82, 2.24) is 14.9 Å². The molecule has 1 aliphatic rings. The SMILES string of the molecule is CC(C)(C)N(Cc1ccccn1)C(=O)c1nc2c(s1)CCC2. The largest absolute Gasteiger partial charge is 0.326 e. The second-order valence-electron chi connectivity index (χ2n) is 6.63. The van der Waals surface area contributed by atoms with Gasteiger partial charge in [0.25, 0.3) is 5.91 Å². The molecule has 0 spiro atoms. The summed E-state index contributed by atoms with van der Waals surface area (Å²) < 4.78 is 0. The van der Waals surface area contributed by atoms with Crippen molar-refractivity contribution in [2.45, 2.75) is 52.1 Å². The average Bonchev–Trinajstić information content (AvgIpc) is 3.05. The van der Waals surface area contributed by atoms with E-state index in [1.165, 1.54) is 11.3 Å². The van der Waals surface area contributed by atoms with Crippen molar-refractivity contribution < 1.29 is 4.79 Å². The smallest absolute Gasteiger partial charge is 0.283 e. The zero-order valence-corrected chi connectivity index (χ0v) is 14.1. The van der Waals surface area contributed by atoms with Crippen LogP contribution in [0.5, 0.6) is 0 Å². The molecule has 0 fully saturated rings. The first-order valence-corrected chi connectivity index (χ1v) is 8.47. The van der Waals surface area contributed by atoms with Crippen LogP contribution < -0.4 is 0 Å². The van der Waals surface area contributed by atoms with E-state index in [9.17, 15) is 4.79 Å². The minimum absolute atomic E-state index is 0.0116. The van der Waals surface area contributed by atoms with E-state index in [0.29, 0.717) is 11.6 Å². The first kappa shape index (κ1) is 15.2. The highest BCUT2D eigenvalue weighted by Crippen LogP contribution is 2.29. The summed E-state index contributed by atoms with van der Waals surface area (Å²) in [5.74, 6) is 0.0116. The van der Waals surface area contributed by atoms with Crippen LogP contribution in [0.3, 0.4) is 0 Å². The molecule has 1 amide bonds. The van der Waals surface area contributed by atoms with Crippen molar-refractivity contribution in [3.63, 3.8) is 0 Å². The van der Waals surface area contributed by atoms with Crippen LogP contribution in [0.15, 0.2) is 24.4 Å². The summed E-state index contributed by atoms with van der Waals surface area (Å²) in [5, 5.41) is 0.621. The highest BCUT2D eigenvalue weighted by Gasteiger charge is 2.31. The summed E-state index contributed by atoms with van der Waals surface area (Å²) >= 11 is 1.56. The number of nitrogens with zero attached hydrogens (tertiary/aromatic N) is 3. The molecule has 2 aromatic heterocycles. The molecule has 0 saturated heterocycles. The number of pyridine rings is 1. The normalized spacial score (nSPS) is 14.0. The van der Waals surface area contributed by atoms with Gasteiger partial charge in [0.1, 0.15) is 0 Å². The van der Waals surface area contributed by atoms with Gasteiger partial charge in [-0.25, -0.2) is 4.98 Å². The summed E-state index contributed by atoms with van der Waals surface area (Å²) in [6, 6.07) is 5.79. The van der Waals surface area contributed by atoms with Crippen molar-refractivity contribution in [3.8, 4) is 0 Å². The minimum atomic E-state index is -0.273. The Labute approximate surface area is 135 Å². The molecule has 3 rings (SSSR count). The van der Waals surface area contributed by atoms with Gasteiger partial charge in [0.05, 0.1) is 17.9 Å². The maximum atomic E-state index is 12.9. The van der Waals surface area contributed by atoms with Crippen LogP contribution in [-0.4, -0.2) is 26.3 Å². The Hall–Kier alpha value is -1.75. The fraction of sp³-hybridized carbons (Fsp3) is 0.471. The van der Waals surface area contributed by atoms with E-state index in [0.717, 1.165) is 24.2 Å². The number of rotatable bonds is 3. The van der Waals surface area contributed by atoms with Gasteiger partial charge in [-0.05, 0) is 52.2 Å². The summed E-state index contributed by atoms with van der Waals surface area (Å²) in [5.41, 5.74) is 1.75. The van der Waals surface area contributed by atoms with Crippen molar-refractivity contribution in [2.24, 2.45) is 0 Å². The molecule has 2 aromatic rings. The van der Waals surface area contributed by atoms with E-state index in [4.69, 9.17) is 0 Å². The third-order valence-electron chi connectivity index (χ3n) is 3.88. The summed E-state index contributed by atoms with van der Waals surface area (Å²) in [7, 11) is 0. The van der Waals surface area contributed by atoms with E-state index in [1.807, 2.05) is 23.1 Å². The minimum Gasteiger partial charge on any atom is -0.326 e. The molecule has 1 aliphatic carbocycles. The van der Waals surface area contributed by atoms with Crippen LogP contribution in [0.2, 0.25) is 0 Å². The van der Waals surface area contributed by atoms with Crippen LogP contribution >= 0.6 is 11.3 Å². The zero-order chi connectivity index (χ0) is 15.7. The standard InChI is InChI=1S/C17H21N3OS/c1-17(2,3)20(11-12-7-4-5-10-18-12)16(21)15-19-13-8-6-9-14(13)22-15/h4-5,7,10H,6,8-9,11H2,1-3H3. The Morgan fingerprint density at radius 2 is 2.14 bits per heavy atom. The van der Waals surface area contributed by atoms with Gasteiger partial charge in [0, 0.05) is 16.6 Å². The van der Waals surface area contributed by atoms with E-state index in [2.05, 4.69) is 30.7 Å². The molecule has 0 N–H and O–H groups in total. The van der Waals surface area contributed by atoms with E-state index >= 15 is 0 Å². The predicted octanol–water partition coefficient (Wildman–Crippen LogP) is 3.47. The Kier molecular flexibility index (Phi) is 4.00. The van der Waals surface area contributed by atoms with E-state index < -0.39 is 0 Å². The maximum absolute atomic E-state index is 12.9. The Balaban J connectivity index is 1.86. The van der Waals surface area contributed by atoms with Gasteiger partial charge in [-0.15, -0.1) is 11.3 Å². The zero-order valence-electron chi connectivity index (χ0n) is 13.3. The number of amides is 1. The number of hydrogen-bond acceptors (Lipinski definition) is 4. The number of carbonyl (C=O) groups is 1. The first-order valence-electron chi connectivity index (χ1n) is 7.65. The molecule has 2 heterocycles. The summed E-state index contributed by atoms with van der Waals surface area (Å²) in [6.07, 6.45) is 5.00. The second-order valence-corrected chi connectivity index (χ2v) is 7.71. The second kappa shape index (κ2) is 5.80. The number of hydrogen-bond donors (Lipinski definition) is 0. The fourth-order valence-electron chi connectivity index (χ4n) is 2.66. The predicted molar refractivity (Wildman–Crippen MR) is 88.0 cm³/mol. The number of fused-ring (bicyclic) bond motifs is 1. The highest BCUT2D eigenvalue weighted by atomic mass is 32.1. The topological polar surface area (TPSA) is 46.1 Å². The molecule has 0 aliphatic heterocycles. The van der Waals surface area contributed by atoms with Crippen LogP contribution in [0.1, 0.15) is 53.3 Å². The Bertz CT molecular complexity index is 651. The average molecular weight is 315 g/mol. The third-order valence-corrected chi connectivity index (χ3v) is 5.03. The van der Waals surface area contributed by atoms with Crippen LogP contribution in [0, 0.1) is 0 Å². The van der Waals surface area contributed by atoms with E-state index in [-0.39, 0.29) is 11.4 Å². The molecule has 22 heavy (non-hydrogen) atoms. The lowest BCUT2D eigenvalue weighted by Crippen LogP contribution is -2.45. The molecule has 0 saturated carbocycles. The lowest BCUT2D eigenvalue weighted by molar-refractivity contribution is 0.0554. The van der Waals surface area contributed by atoms with Gasteiger partial charge >= 0.3 is 0 Å². The number of thiazole rings is 1. The Morgan fingerprint density at radius 1 is 1.32 bits per heavy atom. The maximum Gasteiger partial charge on any atom is 0.283 e. The summed E-state index contributed by atoms with van der Waals surface area (Å²) in [4.78, 5) is 25.0. The molecule has 0 aromatic carbocycles. The van der Waals surface area contributed by atoms with Gasteiger partial charge in [0.2, 0.25) is 0 Å². The number of aryl methyl sites for hydroxylation is 2. The van der Waals surface area contributed by atoms with Gasteiger partial charge in [0.15, 0.2) is 5.01 Å². The molecule has 116 valence electrons. The van der Waals surface area contributed by atoms with Crippen molar-refractivity contribution in [2.75, 3.05) is 0 Å². The molecule has 0 bridgehead atoms. The fourth-order valence-corrected chi connectivity index (χ4v) is 3.76. The summed E-state index contributed by atoms with van der Waals surface area (Å²) in [6.45, 7) is 6.66. The monoisotopic (exact) mass is 315 g/mol. The quantitative estimate of drug-likeness (QED) is 0.871. The molecular formula is C17H21N3OS. The third kappa shape index (κ3) is 3.04. The first-order chi connectivity index (χ1) is 10.4. The lowest BCUT2D eigenvalue weighted by Gasteiger charge is -2.35. The number of carbonyl (C=O) groups excluding carboxylic acids is 1. The van der Waals surface area contributed by atoms with Crippen molar-refractivity contribution in [3.05, 3.63) is 45.7 Å². The van der Waals surface area contributed by atoms with Crippen LogP contribution in [-0.2, 0) is 19.4 Å². The lowest BCUT2D eigenvalue weighted by atomic mass is 10.1. The molecule has 0 radical (unpaired) electrons. The molecule has 0 atom stereocenters. The van der Waals surface area contributed by atoms with Crippen molar-refractivity contribution >= 4 is 17.2 Å². The van der Waals surface area contributed by atoms with Gasteiger partial charge in [-0.2, -0.15) is 0 Å². The van der Waals surface area contributed by atoms with Gasteiger partial charge in [-0.1, -0.05) is 6.07 Å². The van der Waals surface area contributed by atoms with Crippen LogP contribution in [0.25, 0.3) is 0 Å². The highest BCUT2D eigenvalue weighted by molar-refractivity contribution is 7.13. The van der Waals surface area contributed by atoms with Crippen molar-refractivity contribution in [1.29, 1.82) is 0 Å². The Morgan fingerprint density at radius 3 is 2.77 bits per heavy atom. The molecule has 4 nitrogen and oxygen atoms in total. The van der Waals surface area contributed by atoms with Crippen LogP contribution in [0.4, 0.5) is 0 Å². The van der Waals surface area contributed by atoms with E-state index in [1.54, 1.807) is 17.5 Å². The molecule has 0 unspecified atom stereocenters. The number of aromatic nitrogens is 2.